The minimum atomic E-state index is -0.537. The van der Waals surface area contributed by atoms with Crippen LogP contribution in [0.2, 0.25) is 0 Å². The van der Waals surface area contributed by atoms with E-state index in [4.69, 9.17) is 0 Å². The average molecular weight is 298 g/mol. The molecule has 0 saturated carbocycles. The second-order valence-corrected chi connectivity index (χ2v) is 5.46. The van der Waals surface area contributed by atoms with Gasteiger partial charge in [0.1, 0.15) is 0 Å². The lowest BCUT2D eigenvalue weighted by molar-refractivity contribution is -0.136. The number of benzene rings is 1. The summed E-state index contributed by atoms with van der Waals surface area (Å²) in [5, 5.41) is 2.64. The Labute approximate surface area is 110 Å². The molecule has 0 aromatic heterocycles. The van der Waals surface area contributed by atoms with Gasteiger partial charge in [-0.25, -0.2) is 0 Å². The first kappa shape index (κ1) is 13.9. The third-order valence-electron chi connectivity index (χ3n) is 2.61. The largest absolute Gasteiger partial charge is 0.349 e. The second kappa shape index (κ2) is 5.45. The number of rotatable bonds is 4. The third-order valence-corrected chi connectivity index (χ3v) is 3.31. The molecule has 0 heterocycles. The van der Waals surface area contributed by atoms with Gasteiger partial charge in [0.05, 0.1) is 0 Å². The topological polar surface area (TPSA) is 46.2 Å². The van der Waals surface area contributed by atoms with Crippen molar-refractivity contribution in [3.8, 4) is 0 Å². The molecule has 0 aliphatic heterocycles. The molecule has 0 fully saturated rings. The molecule has 1 N–H and O–H groups in total. The van der Waals surface area contributed by atoms with Crippen LogP contribution in [0.1, 0.15) is 26.3 Å². The van der Waals surface area contributed by atoms with Gasteiger partial charge < -0.3 is 5.32 Å². The van der Waals surface area contributed by atoms with Gasteiger partial charge in [-0.1, -0.05) is 48.0 Å². The summed E-state index contributed by atoms with van der Waals surface area (Å²) >= 11 is 3.49. The van der Waals surface area contributed by atoms with Crippen molar-refractivity contribution >= 4 is 27.6 Å². The van der Waals surface area contributed by atoms with Crippen molar-refractivity contribution in [1.29, 1.82) is 0 Å². The molecular formula is C13H16BrNO2. The SMILES string of the molecule is CC(=O)C(=O)NCC(C)(C)c1ccccc1Br. The third kappa shape index (κ3) is 3.66. The highest BCUT2D eigenvalue weighted by Crippen LogP contribution is 2.29. The van der Waals surface area contributed by atoms with Crippen molar-refractivity contribution < 1.29 is 9.59 Å². The van der Waals surface area contributed by atoms with Crippen molar-refractivity contribution in [3.63, 3.8) is 0 Å². The molecule has 0 radical (unpaired) electrons. The fourth-order valence-electron chi connectivity index (χ4n) is 1.53. The number of hydrogen-bond acceptors (Lipinski definition) is 2. The molecular weight excluding hydrogens is 282 g/mol. The highest BCUT2D eigenvalue weighted by atomic mass is 79.9. The zero-order valence-electron chi connectivity index (χ0n) is 10.2. The molecule has 17 heavy (non-hydrogen) atoms. The zero-order valence-corrected chi connectivity index (χ0v) is 11.8. The van der Waals surface area contributed by atoms with Crippen LogP contribution in [0.3, 0.4) is 0 Å². The van der Waals surface area contributed by atoms with E-state index in [1.807, 2.05) is 38.1 Å². The van der Waals surface area contributed by atoms with E-state index >= 15 is 0 Å². The zero-order chi connectivity index (χ0) is 13.1. The van der Waals surface area contributed by atoms with Gasteiger partial charge in [-0.3, -0.25) is 9.59 Å². The molecule has 1 aromatic carbocycles. The van der Waals surface area contributed by atoms with Crippen molar-refractivity contribution in [1.82, 2.24) is 5.32 Å². The van der Waals surface area contributed by atoms with Gasteiger partial charge in [0.15, 0.2) is 0 Å². The Morgan fingerprint density at radius 3 is 2.41 bits per heavy atom. The Kier molecular flexibility index (Phi) is 4.46. The number of carbonyl (C=O) groups is 2. The number of ketones is 1. The van der Waals surface area contributed by atoms with E-state index in [0.717, 1.165) is 10.0 Å². The maximum absolute atomic E-state index is 11.2. The molecule has 1 aromatic rings. The number of halogens is 1. The van der Waals surface area contributed by atoms with E-state index in [9.17, 15) is 9.59 Å². The smallest absolute Gasteiger partial charge is 0.287 e. The minimum Gasteiger partial charge on any atom is -0.349 e. The van der Waals surface area contributed by atoms with E-state index in [-0.39, 0.29) is 5.41 Å². The molecule has 92 valence electrons. The monoisotopic (exact) mass is 297 g/mol. The van der Waals surface area contributed by atoms with Gasteiger partial charge in [0.2, 0.25) is 5.78 Å². The first-order chi connectivity index (χ1) is 7.84. The summed E-state index contributed by atoms with van der Waals surface area (Å²) in [6.07, 6.45) is 0. The molecule has 4 heteroatoms. The van der Waals surface area contributed by atoms with E-state index in [1.54, 1.807) is 0 Å². The second-order valence-electron chi connectivity index (χ2n) is 4.60. The van der Waals surface area contributed by atoms with E-state index in [1.165, 1.54) is 6.92 Å². The van der Waals surface area contributed by atoms with Crippen LogP contribution < -0.4 is 5.32 Å². The summed E-state index contributed by atoms with van der Waals surface area (Å²) in [6, 6.07) is 7.86. The van der Waals surface area contributed by atoms with E-state index in [0.29, 0.717) is 6.54 Å². The number of hydrogen-bond donors (Lipinski definition) is 1. The van der Waals surface area contributed by atoms with Crippen LogP contribution in [0.25, 0.3) is 0 Å². The van der Waals surface area contributed by atoms with Gasteiger partial charge in [-0.05, 0) is 11.6 Å². The van der Waals surface area contributed by atoms with Crippen LogP contribution in [0.5, 0.6) is 0 Å². The summed E-state index contributed by atoms with van der Waals surface area (Å²) in [7, 11) is 0. The Balaban J connectivity index is 2.79. The molecule has 0 atom stereocenters. The van der Waals surface area contributed by atoms with Crippen LogP contribution in [-0.2, 0) is 15.0 Å². The molecule has 0 spiro atoms. The van der Waals surface area contributed by atoms with Gasteiger partial charge in [-0.2, -0.15) is 0 Å². The van der Waals surface area contributed by atoms with Crippen LogP contribution in [0.4, 0.5) is 0 Å². The van der Waals surface area contributed by atoms with E-state index < -0.39 is 11.7 Å². The van der Waals surface area contributed by atoms with Crippen molar-refractivity contribution in [2.24, 2.45) is 0 Å². The van der Waals surface area contributed by atoms with Crippen molar-refractivity contribution in [2.45, 2.75) is 26.2 Å². The first-order valence-electron chi connectivity index (χ1n) is 5.38. The van der Waals surface area contributed by atoms with Gasteiger partial charge >= 0.3 is 0 Å². The Bertz CT molecular complexity index is 441. The maximum Gasteiger partial charge on any atom is 0.287 e. The van der Waals surface area contributed by atoms with Crippen molar-refractivity contribution in [3.05, 3.63) is 34.3 Å². The number of carbonyl (C=O) groups excluding carboxylic acids is 2. The quantitative estimate of drug-likeness (QED) is 0.868. The normalized spacial score (nSPS) is 11.1. The molecule has 0 unspecified atom stereocenters. The predicted octanol–water partition coefficient (Wildman–Crippen LogP) is 2.43. The lowest BCUT2D eigenvalue weighted by Gasteiger charge is -2.26. The first-order valence-corrected chi connectivity index (χ1v) is 6.17. The number of nitrogens with one attached hydrogen (secondary N) is 1. The average Bonchev–Trinajstić information content (AvgIpc) is 2.26. The summed E-state index contributed by atoms with van der Waals surface area (Å²) in [5.74, 6) is -1.00. The van der Waals surface area contributed by atoms with Crippen LogP contribution in [-0.4, -0.2) is 18.2 Å². The fraction of sp³-hybridized carbons (Fsp3) is 0.385. The van der Waals surface area contributed by atoms with Gasteiger partial charge in [0.25, 0.3) is 5.91 Å². The van der Waals surface area contributed by atoms with Crippen LogP contribution in [0.15, 0.2) is 28.7 Å². The lowest BCUT2D eigenvalue weighted by Crippen LogP contribution is -2.39. The minimum absolute atomic E-state index is 0.231. The number of amides is 1. The molecule has 0 aliphatic rings. The molecule has 0 bridgehead atoms. The summed E-state index contributed by atoms with van der Waals surface area (Å²) in [5.41, 5.74) is 0.870. The highest BCUT2D eigenvalue weighted by Gasteiger charge is 2.24. The maximum atomic E-state index is 11.2. The van der Waals surface area contributed by atoms with E-state index in [2.05, 4.69) is 21.2 Å². The highest BCUT2D eigenvalue weighted by molar-refractivity contribution is 9.10. The lowest BCUT2D eigenvalue weighted by atomic mass is 9.84. The van der Waals surface area contributed by atoms with Crippen LogP contribution in [0, 0.1) is 0 Å². The summed E-state index contributed by atoms with van der Waals surface area (Å²) < 4.78 is 1.00. The molecule has 1 amide bonds. The van der Waals surface area contributed by atoms with Crippen LogP contribution >= 0.6 is 15.9 Å². The Hall–Kier alpha value is -1.16. The summed E-state index contributed by atoms with van der Waals surface area (Å²) in [4.78, 5) is 22.1. The molecule has 3 nitrogen and oxygen atoms in total. The van der Waals surface area contributed by atoms with Gasteiger partial charge in [0, 0.05) is 23.4 Å². The van der Waals surface area contributed by atoms with Crippen molar-refractivity contribution in [2.75, 3.05) is 6.54 Å². The summed E-state index contributed by atoms with van der Waals surface area (Å²) in [6.45, 7) is 5.73. The number of Topliss-reactive ketones (excluding diaryl/α,β-unsaturated/α-hetero) is 1. The fourth-order valence-corrected chi connectivity index (χ4v) is 2.35. The molecule has 1 rings (SSSR count). The predicted molar refractivity (Wildman–Crippen MR) is 70.9 cm³/mol. The molecule has 0 saturated heterocycles. The Morgan fingerprint density at radius 1 is 1.29 bits per heavy atom. The molecule has 0 aliphatic carbocycles. The Morgan fingerprint density at radius 2 is 1.88 bits per heavy atom. The van der Waals surface area contributed by atoms with Gasteiger partial charge in [-0.15, -0.1) is 0 Å². The standard InChI is InChI=1S/C13H16BrNO2/c1-9(16)12(17)15-8-13(2,3)10-6-4-5-7-11(10)14/h4-7H,8H2,1-3H3,(H,15,17).